The number of rotatable bonds is 2. The number of hydrogen-bond donors (Lipinski definition) is 1. The molecule has 0 saturated carbocycles. The predicted molar refractivity (Wildman–Crippen MR) is 54.5 cm³/mol. The molecule has 1 aliphatic rings. The van der Waals surface area contributed by atoms with Gasteiger partial charge in [0.15, 0.2) is 0 Å². The van der Waals surface area contributed by atoms with Crippen LogP contribution in [0.3, 0.4) is 0 Å². The summed E-state index contributed by atoms with van der Waals surface area (Å²) in [5.41, 5.74) is 4.01. The highest BCUT2D eigenvalue weighted by Crippen LogP contribution is 2.36. The molecule has 13 heavy (non-hydrogen) atoms. The highest BCUT2D eigenvalue weighted by atomic mass is 16.2. The first-order valence-electron chi connectivity index (χ1n) is 4.74. The van der Waals surface area contributed by atoms with Gasteiger partial charge in [-0.15, -0.1) is 0 Å². The second-order valence-corrected chi connectivity index (χ2v) is 3.54. The normalized spacial score (nSPS) is 19.8. The van der Waals surface area contributed by atoms with Crippen molar-refractivity contribution >= 4 is 5.57 Å². The van der Waals surface area contributed by atoms with Crippen molar-refractivity contribution in [2.24, 2.45) is 0 Å². The van der Waals surface area contributed by atoms with Crippen molar-refractivity contribution in [3.8, 4) is 0 Å². The van der Waals surface area contributed by atoms with Crippen LogP contribution < -0.4 is 0 Å². The standard InChI is InChI=1S/C12H14O/c1-9-8-10(6-7-13)12-5-3-2-4-11(9)12/h2-5,8-9,13H,6-7H2,1H3. The molecule has 1 atom stereocenters. The molecule has 2 rings (SSSR count). The molecular formula is C12H14O. The number of fused-ring (bicyclic) bond motifs is 1. The smallest absolute Gasteiger partial charge is 0.0471 e. The summed E-state index contributed by atoms with van der Waals surface area (Å²) < 4.78 is 0. The monoisotopic (exact) mass is 174 g/mol. The molecule has 68 valence electrons. The van der Waals surface area contributed by atoms with Gasteiger partial charge in [0, 0.05) is 12.5 Å². The van der Waals surface area contributed by atoms with Gasteiger partial charge in [0.2, 0.25) is 0 Å². The summed E-state index contributed by atoms with van der Waals surface area (Å²) in [5.74, 6) is 0.512. The van der Waals surface area contributed by atoms with Gasteiger partial charge in [-0.3, -0.25) is 0 Å². The Morgan fingerprint density at radius 1 is 1.31 bits per heavy atom. The van der Waals surface area contributed by atoms with Gasteiger partial charge in [-0.05, 0) is 23.1 Å². The fourth-order valence-corrected chi connectivity index (χ4v) is 2.01. The Labute approximate surface area is 78.7 Å². The maximum atomic E-state index is 8.90. The second kappa shape index (κ2) is 3.35. The summed E-state index contributed by atoms with van der Waals surface area (Å²) in [6.45, 7) is 2.44. The third kappa shape index (κ3) is 1.40. The Kier molecular flexibility index (Phi) is 2.19. The molecule has 0 amide bonds. The van der Waals surface area contributed by atoms with Crippen molar-refractivity contribution in [2.45, 2.75) is 19.3 Å². The molecule has 1 unspecified atom stereocenters. The summed E-state index contributed by atoms with van der Waals surface area (Å²) in [6.07, 6.45) is 3.03. The van der Waals surface area contributed by atoms with E-state index in [1.165, 1.54) is 16.7 Å². The summed E-state index contributed by atoms with van der Waals surface area (Å²) in [5, 5.41) is 8.90. The van der Waals surface area contributed by atoms with Crippen LogP contribution in [0.1, 0.15) is 30.4 Å². The summed E-state index contributed by atoms with van der Waals surface area (Å²) >= 11 is 0. The minimum atomic E-state index is 0.243. The van der Waals surface area contributed by atoms with Crippen LogP contribution in [-0.2, 0) is 0 Å². The Morgan fingerprint density at radius 2 is 2.08 bits per heavy atom. The molecule has 1 N–H and O–H groups in total. The molecule has 0 radical (unpaired) electrons. The van der Waals surface area contributed by atoms with Gasteiger partial charge in [0.25, 0.3) is 0 Å². The fourth-order valence-electron chi connectivity index (χ4n) is 2.01. The number of benzene rings is 1. The van der Waals surface area contributed by atoms with Crippen LogP contribution in [0.2, 0.25) is 0 Å². The van der Waals surface area contributed by atoms with Gasteiger partial charge < -0.3 is 5.11 Å². The zero-order chi connectivity index (χ0) is 9.26. The third-order valence-corrected chi connectivity index (χ3v) is 2.63. The number of hydrogen-bond acceptors (Lipinski definition) is 1. The average Bonchev–Trinajstić information content (AvgIpc) is 2.46. The van der Waals surface area contributed by atoms with Crippen LogP contribution in [0.15, 0.2) is 30.3 Å². The Balaban J connectivity index is 2.39. The first kappa shape index (κ1) is 8.52. The van der Waals surface area contributed by atoms with Crippen LogP contribution in [0.4, 0.5) is 0 Å². The van der Waals surface area contributed by atoms with E-state index in [-0.39, 0.29) is 6.61 Å². The largest absolute Gasteiger partial charge is 0.396 e. The maximum absolute atomic E-state index is 8.90. The average molecular weight is 174 g/mol. The van der Waals surface area contributed by atoms with E-state index in [4.69, 9.17) is 5.11 Å². The highest BCUT2D eigenvalue weighted by Gasteiger charge is 2.18. The van der Waals surface area contributed by atoms with Crippen LogP contribution in [-0.4, -0.2) is 11.7 Å². The second-order valence-electron chi connectivity index (χ2n) is 3.54. The first-order valence-corrected chi connectivity index (χ1v) is 4.74. The van der Waals surface area contributed by atoms with E-state index in [0.717, 1.165) is 6.42 Å². The Bertz CT molecular complexity index is 339. The first-order chi connectivity index (χ1) is 6.33. The Morgan fingerprint density at radius 3 is 2.85 bits per heavy atom. The minimum Gasteiger partial charge on any atom is -0.396 e. The fraction of sp³-hybridized carbons (Fsp3) is 0.333. The van der Waals surface area contributed by atoms with Crippen molar-refractivity contribution < 1.29 is 5.11 Å². The van der Waals surface area contributed by atoms with E-state index < -0.39 is 0 Å². The molecule has 0 aliphatic heterocycles. The third-order valence-electron chi connectivity index (χ3n) is 2.63. The zero-order valence-electron chi connectivity index (χ0n) is 7.83. The van der Waals surface area contributed by atoms with Gasteiger partial charge in [-0.25, -0.2) is 0 Å². The van der Waals surface area contributed by atoms with Crippen molar-refractivity contribution in [2.75, 3.05) is 6.61 Å². The van der Waals surface area contributed by atoms with Gasteiger partial charge in [-0.1, -0.05) is 37.3 Å². The van der Waals surface area contributed by atoms with E-state index in [1.54, 1.807) is 0 Å². The van der Waals surface area contributed by atoms with Gasteiger partial charge in [0.05, 0.1) is 0 Å². The summed E-state index contributed by atoms with van der Waals surface area (Å²) in [6, 6.07) is 8.44. The number of aliphatic hydroxyl groups excluding tert-OH is 1. The lowest BCUT2D eigenvalue weighted by Crippen LogP contribution is -1.88. The van der Waals surface area contributed by atoms with Crippen molar-refractivity contribution in [3.63, 3.8) is 0 Å². The van der Waals surface area contributed by atoms with Crippen LogP contribution >= 0.6 is 0 Å². The molecule has 1 aliphatic carbocycles. The van der Waals surface area contributed by atoms with E-state index in [0.29, 0.717) is 5.92 Å². The number of aliphatic hydroxyl groups is 1. The highest BCUT2D eigenvalue weighted by molar-refractivity contribution is 5.74. The molecule has 0 heterocycles. The predicted octanol–water partition coefficient (Wildman–Crippen LogP) is 2.57. The molecule has 1 nitrogen and oxygen atoms in total. The van der Waals surface area contributed by atoms with Gasteiger partial charge >= 0.3 is 0 Å². The molecule has 0 saturated heterocycles. The molecule has 0 aromatic heterocycles. The van der Waals surface area contributed by atoms with Crippen LogP contribution in [0.5, 0.6) is 0 Å². The summed E-state index contributed by atoms with van der Waals surface area (Å²) in [7, 11) is 0. The zero-order valence-corrected chi connectivity index (χ0v) is 7.83. The van der Waals surface area contributed by atoms with E-state index in [9.17, 15) is 0 Å². The molecule has 0 bridgehead atoms. The van der Waals surface area contributed by atoms with E-state index in [2.05, 4.69) is 37.3 Å². The lowest BCUT2D eigenvalue weighted by Gasteiger charge is -2.04. The minimum absolute atomic E-state index is 0.243. The Hall–Kier alpha value is -1.08. The lowest BCUT2D eigenvalue weighted by atomic mass is 10.0. The van der Waals surface area contributed by atoms with E-state index in [1.807, 2.05) is 0 Å². The van der Waals surface area contributed by atoms with Crippen molar-refractivity contribution in [3.05, 3.63) is 41.5 Å². The van der Waals surface area contributed by atoms with Crippen LogP contribution in [0.25, 0.3) is 5.57 Å². The van der Waals surface area contributed by atoms with Gasteiger partial charge in [0.1, 0.15) is 0 Å². The quantitative estimate of drug-likeness (QED) is 0.730. The van der Waals surface area contributed by atoms with Crippen molar-refractivity contribution in [1.82, 2.24) is 0 Å². The van der Waals surface area contributed by atoms with Crippen LogP contribution in [0, 0.1) is 0 Å². The molecule has 0 fully saturated rings. The van der Waals surface area contributed by atoms with E-state index >= 15 is 0 Å². The number of allylic oxidation sites excluding steroid dienone is 1. The summed E-state index contributed by atoms with van der Waals surface area (Å²) in [4.78, 5) is 0. The van der Waals surface area contributed by atoms with Crippen molar-refractivity contribution in [1.29, 1.82) is 0 Å². The van der Waals surface area contributed by atoms with Gasteiger partial charge in [-0.2, -0.15) is 0 Å². The lowest BCUT2D eigenvalue weighted by molar-refractivity contribution is 0.305. The molecule has 1 aromatic carbocycles. The molecule has 1 heteroatoms. The molecular weight excluding hydrogens is 160 g/mol. The molecule has 0 spiro atoms. The topological polar surface area (TPSA) is 20.2 Å². The molecule has 1 aromatic rings. The SMILES string of the molecule is CC1C=C(CCO)c2ccccc21. The maximum Gasteiger partial charge on any atom is 0.0471 e.